The number of nitrogens with two attached hydrogens (primary N) is 1. The molecule has 0 radical (unpaired) electrons. The van der Waals surface area contributed by atoms with Crippen LogP contribution < -0.4 is 5.73 Å². The molecule has 1 aromatic carbocycles. The van der Waals surface area contributed by atoms with Crippen LogP contribution in [0.15, 0.2) is 29.7 Å². The number of hydrogen-bond acceptors (Lipinski definition) is 3. The van der Waals surface area contributed by atoms with E-state index in [2.05, 4.69) is 6.58 Å². The lowest BCUT2D eigenvalue weighted by atomic mass is 10.3. The third-order valence-corrected chi connectivity index (χ3v) is 4.78. The Kier molecular flexibility index (Phi) is 3.60. The summed E-state index contributed by atoms with van der Waals surface area (Å²) in [6.07, 6.45) is 2.83. The fraction of sp³-hybridized carbons (Fsp3) is 0.333. The maximum atomic E-state index is 13.7. The van der Waals surface area contributed by atoms with E-state index in [0.29, 0.717) is 12.8 Å². The zero-order valence-electron chi connectivity index (χ0n) is 10.1. The minimum Gasteiger partial charge on any atom is -0.399 e. The van der Waals surface area contributed by atoms with Crippen LogP contribution in [0.25, 0.3) is 0 Å². The molecular weight excluding hydrogens is 274 g/mol. The standard InChI is InChI=1S/C12H14F2N2O2S/c1-2-5-16(9-3-4-9)19(17,18)11-7-8(15)6-10(13)12(11)14/h2,6-7,9H,1,3-5,15H2. The maximum Gasteiger partial charge on any atom is 0.246 e. The highest BCUT2D eigenvalue weighted by Crippen LogP contribution is 2.33. The molecule has 0 aromatic heterocycles. The Morgan fingerprint density at radius 2 is 2.05 bits per heavy atom. The first-order chi connectivity index (χ1) is 8.87. The molecule has 104 valence electrons. The van der Waals surface area contributed by atoms with Gasteiger partial charge in [0.25, 0.3) is 0 Å². The normalized spacial score (nSPS) is 15.7. The zero-order chi connectivity index (χ0) is 14.2. The first-order valence-corrected chi connectivity index (χ1v) is 7.19. The largest absolute Gasteiger partial charge is 0.399 e. The van der Waals surface area contributed by atoms with Crippen LogP contribution in [-0.4, -0.2) is 25.3 Å². The van der Waals surface area contributed by atoms with E-state index in [-0.39, 0.29) is 18.3 Å². The lowest BCUT2D eigenvalue weighted by Crippen LogP contribution is -2.34. The van der Waals surface area contributed by atoms with E-state index in [9.17, 15) is 17.2 Å². The molecule has 4 nitrogen and oxygen atoms in total. The fourth-order valence-corrected chi connectivity index (χ4v) is 3.60. The number of hydrogen-bond donors (Lipinski definition) is 1. The summed E-state index contributed by atoms with van der Waals surface area (Å²) in [6, 6.07) is 1.52. The number of nitrogens with zero attached hydrogens (tertiary/aromatic N) is 1. The molecule has 0 unspecified atom stereocenters. The maximum absolute atomic E-state index is 13.7. The Morgan fingerprint density at radius 1 is 1.42 bits per heavy atom. The fourth-order valence-electron chi connectivity index (χ4n) is 1.83. The lowest BCUT2D eigenvalue weighted by Gasteiger charge is -2.20. The van der Waals surface area contributed by atoms with Gasteiger partial charge in [-0.05, 0) is 25.0 Å². The van der Waals surface area contributed by atoms with Gasteiger partial charge in [0, 0.05) is 18.3 Å². The monoisotopic (exact) mass is 288 g/mol. The van der Waals surface area contributed by atoms with Gasteiger partial charge in [-0.15, -0.1) is 6.58 Å². The lowest BCUT2D eigenvalue weighted by molar-refractivity contribution is 0.425. The molecule has 1 saturated carbocycles. The summed E-state index contributed by atoms with van der Waals surface area (Å²) < 4.78 is 52.8. The highest BCUT2D eigenvalue weighted by molar-refractivity contribution is 7.89. The van der Waals surface area contributed by atoms with Gasteiger partial charge < -0.3 is 5.73 Å². The van der Waals surface area contributed by atoms with Gasteiger partial charge in [0.15, 0.2) is 11.6 Å². The second kappa shape index (κ2) is 4.90. The third kappa shape index (κ3) is 2.62. The molecule has 19 heavy (non-hydrogen) atoms. The second-order valence-electron chi connectivity index (χ2n) is 4.41. The predicted molar refractivity (Wildman–Crippen MR) is 67.9 cm³/mol. The summed E-state index contributed by atoms with van der Waals surface area (Å²) in [5, 5.41) is 0. The molecule has 0 atom stereocenters. The Balaban J connectivity index is 2.51. The molecule has 0 bridgehead atoms. The molecule has 0 heterocycles. The van der Waals surface area contributed by atoms with Gasteiger partial charge in [-0.1, -0.05) is 6.08 Å². The predicted octanol–water partition coefficient (Wildman–Crippen LogP) is 1.89. The van der Waals surface area contributed by atoms with Crippen molar-refractivity contribution in [3.8, 4) is 0 Å². The van der Waals surface area contributed by atoms with Crippen molar-refractivity contribution in [2.75, 3.05) is 12.3 Å². The van der Waals surface area contributed by atoms with Gasteiger partial charge in [-0.2, -0.15) is 4.31 Å². The number of nitrogen functional groups attached to an aromatic ring is 1. The highest BCUT2D eigenvalue weighted by atomic mass is 32.2. The van der Waals surface area contributed by atoms with E-state index in [0.717, 1.165) is 16.4 Å². The van der Waals surface area contributed by atoms with Gasteiger partial charge in [0.05, 0.1) is 0 Å². The zero-order valence-corrected chi connectivity index (χ0v) is 11.0. The quantitative estimate of drug-likeness (QED) is 0.664. The molecule has 0 amide bonds. The molecule has 7 heteroatoms. The molecule has 2 N–H and O–H groups in total. The van der Waals surface area contributed by atoms with E-state index in [1.54, 1.807) is 0 Å². The smallest absolute Gasteiger partial charge is 0.246 e. The Bertz CT molecular complexity index is 612. The average Bonchev–Trinajstić information content (AvgIpc) is 3.14. The summed E-state index contributed by atoms with van der Waals surface area (Å²) in [4.78, 5) is -0.723. The van der Waals surface area contributed by atoms with E-state index in [4.69, 9.17) is 5.73 Å². The van der Waals surface area contributed by atoms with Crippen molar-refractivity contribution in [1.29, 1.82) is 0 Å². The van der Waals surface area contributed by atoms with E-state index in [1.165, 1.54) is 6.08 Å². The van der Waals surface area contributed by atoms with Crippen LogP contribution in [0.5, 0.6) is 0 Å². The minimum absolute atomic E-state index is 0.0584. The Morgan fingerprint density at radius 3 is 2.58 bits per heavy atom. The number of anilines is 1. The third-order valence-electron chi connectivity index (χ3n) is 2.87. The topological polar surface area (TPSA) is 63.4 Å². The van der Waals surface area contributed by atoms with Gasteiger partial charge >= 0.3 is 0 Å². The minimum atomic E-state index is -4.11. The summed E-state index contributed by atoms with van der Waals surface area (Å²) in [5.41, 5.74) is 5.25. The number of rotatable bonds is 5. The molecule has 1 fully saturated rings. The molecule has 0 spiro atoms. The van der Waals surface area contributed by atoms with Crippen molar-refractivity contribution in [3.63, 3.8) is 0 Å². The van der Waals surface area contributed by atoms with Crippen LogP contribution in [0, 0.1) is 11.6 Å². The average molecular weight is 288 g/mol. The van der Waals surface area contributed by atoms with Crippen LogP contribution in [0.4, 0.5) is 14.5 Å². The van der Waals surface area contributed by atoms with Crippen molar-refractivity contribution >= 4 is 15.7 Å². The molecule has 2 rings (SSSR count). The van der Waals surface area contributed by atoms with Gasteiger partial charge in [0.2, 0.25) is 10.0 Å². The van der Waals surface area contributed by atoms with Gasteiger partial charge in [-0.25, -0.2) is 17.2 Å². The van der Waals surface area contributed by atoms with Crippen LogP contribution in [0.3, 0.4) is 0 Å². The van der Waals surface area contributed by atoms with E-state index >= 15 is 0 Å². The molecular formula is C12H14F2N2O2S. The van der Waals surface area contributed by atoms with Gasteiger partial charge in [0.1, 0.15) is 4.90 Å². The van der Waals surface area contributed by atoms with Crippen molar-refractivity contribution < 1.29 is 17.2 Å². The van der Waals surface area contributed by atoms with Crippen molar-refractivity contribution in [2.24, 2.45) is 0 Å². The van der Waals surface area contributed by atoms with Gasteiger partial charge in [-0.3, -0.25) is 0 Å². The van der Waals surface area contributed by atoms with E-state index < -0.39 is 26.6 Å². The number of benzene rings is 1. The molecule has 1 aliphatic rings. The number of halogens is 2. The van der Waals surface area contributed by atoms with E-state index in [1.807, 2.05) is 0 Å². The summed E-state index contributed by atoms with van der Waals surface area (Å²) in [7, 11) is -4.11. The van der Waals surface area contributed by atoms with Crippen molar-refractivity contribution in [3.05, 3.63) is 36.4 Å². The highest BCUT2D eigenvalue weighted by Gasteiger charge is 2.39. The first-order valence-electron chi connectivity index (χ1n) is 5.75. The molecule has 1 aromatic rings. The van der Waals surface area contributed by atoms with Crippen LogP contribution in [0.1, 0.15) is 12.8 Å². The Hall–Kier alpha value is -1.47. The summed E-state index contributed by atoms with van der Waals surface area (Å²) >= 11 is 0. The Labute approximate surface area is 110 Å². The first kappa shape index (κ1) is 14.0. The number of sulfonamides is 1. The van der Waals surface area contributed by atoms with Crippen LogP contribution >= 0.6 is 0 Å². The van der Waals surface area contributed by atoms with Crippen LogP contribution in [-0.2, 0) is 10.0 Å². The van der Waals surface area contributed by atoms with Crippen molar-refractivity contribution in [2.45, 2.75) is 23.8 Å². The second-order valence-corrected chi connectivity index (χ2v) is 6.27. The molecule has 0 saturated heterocycles. The van der Waals surface area contributed by atoms with Crippen LogP contribution in [0.2, 0.25) is 0 Å². The summed E-state index contributed by atoms with van der Waals surface area (Å²) in [6.45, 7) is 3.54. The SMILES string of the molecule is C=CCN(C1CC1)S(=O)(=O)c1cc(N)cc(F)c1F. The van der Waals surface area contributed by atoms with Crippen molar-refractivity contribution in [1.82, 2.24) is 4.31 Å². The summed E-state index contributed by atoms with van der Waals surface area (Å²) in [5.74, 6) is -2.67. The molecule has 0 aliphatic heterocycles. The molecule has 1 aliphatic carbocycles.